The Balaban J connectivity index is 0.00000364. The van der Waals surface area contributed by atoms with E-state index in [1.54, 1.807) is 31.4 Å². The van der Waals surface area contributed by atoms with Gasteiger partial charge >= 0.3 is 0 Å². The lowest BCUT2D eigenvalue weighted by atomic mass is 9.78. The Kier molecular flexibility index (Phi) is 8.72. The van der Waals surface area contributed by atoms with Crippen LogP contribution in [0.15, 0.2) is 24.3 Å². The summed E-state index contributed by atoms with van der Waals surface area (Å²) in [6.45, 7) is 8.05. The van der Waals surface area contributed by atoms with E-state index in [1.165, 1.54) is 0 Å². The molecule has 1 aromatic carbocycles. The third kappa shape index (κ3) is 6.19. The van der Waals surface area contributed by atoms with E-state index >= 15 is 0 Å². The smallest absolute Gasteiger partial charge is 0.251 e. The minimum absolute atomic E-state index is 0. The van der Waals surface area contributed by atoms with Gasteiger partial charge in [0.1, 0.15) is 0 Å². The molecule has 152 valence electrons. The molecule has 27 heavy (non-hydrogen) atoms. The van der Waals surface area contributed by atoms with Crippen molar-refractivity contribution >= 4 is 29.9 Å². The van der Waals surface area contributed by atoms with Crippen molar-refractivity contribution < 1.29 is 14.3 Å². The van der Waals surface area contributed by atoms with E-state index < -0.39 is 5.41 Å². The van der Waals surface area contributed by atoms with Crippen LogP contribution in [0, 0.1) is 5.41 Å². The highest BCUT2D eigenvalue weighted by molar-refractivity contribution is 5.97. The molecule has 6 nitrogen and oxygen atoms in total. The van der Waals surface area contributed by atoms with E-state index in [4.69, 9.17) is 4.74 Å². The van der Waals surface area contributed by atoms with Gasteiger partial charge in [-0.15, -0.1) is 12.4 Å². The number of ether oxygens (including phenoxy) is 1. The van der Waals surface area contributed by atoms with Gasteiger partial charge in [-0.2, -0.15) is 0 Å². The monoisotopic (exact) mass is 397 g/mol. The van der Waals surface area contributed by atoms with Crippen molar-refractivity contribution in [2.75, 3.05) is 32.1 Å². The number of methoxy groups -OCH3 is 1. The first-order chi connectivity index (χ1) is 12.3. The number of carbonyl (C=O) groups is 2. The third-order valence-electron chi connectivity index (χ3n) is 5.20. The first-order valence-electron chi connectivity index (χ1n) is 9.25. The Morgan fingerprint density at radius 1 is 1.19 bits per heavy atom. The van der Waals surface area contributed by atoms with Gasteiger partial charge in [0.2, 0.25) is 5.91 Å². The third-order valence-corrected chi connectivity index (χ3v) is 5.20. The summed E-state index contributed by atoms with van der Waals surface area (Å²) in [5, 5.41) is 9.27. The number of benzene rings is 1. The summed E-state index contributed by atoms with van der Waals surface area (Å²) in [5.74, 6) is -0.130. The van der Waals surface area contributed by atoms with Gasteiger partial charge < -0.3 is 20.7 Å². The van der Waals surface area contributed by atoms with Crippen LogP contribution in [0.25, 0.3) is 0 Å². The van der Waals surface area contributed by atoms with Crippen molar-refractivity contribution in [3.63, 3.8) is 0 Å². The number of hydrogen-bond acceptors (Lipinski definition) is 4. The summed E-state index contributed by atoms with van der Waals surface area (Å²) in [6, 6.07) is 7.02. The van der Waals surface area contributed by atoms with Crippen LogP contribution in [0.1, 0.15) is 50.4 Å². The summed E-state index contributed by atoms with van der Waals surface area (Å²) in [6.07, 6.45) is 2.35. The summed E-state index contributed by atoms with van der Waals surface area (Å²) in [5.41, 5.74) is 0.528. The second kappa shape index (κ2) is 10.1. The van der Waals surface area contributed by atoms with Gasteiger partial charge in [0.25, 0.3) is 5.91 Å². The molecule has 1 aliphatic rings. The number of rotatable bonds is 7. The van der Waals surface area contributed by atoms with E-state index in [-0.39, 0.29) is 29.8 Å². The lowest BCUT2D eigenvalue weighted by molar-refractivity contribution is -0.130. The number of hydrogen-bond donors (Lipinski definition) is 3. The predicted molar refractivity (Wildman–Crippen MR) is 111 cm³/mol. The lowest BCUT2D eigenvalue weighted by Gasteiger charge is -2.35. The van der Waals surface area contributed by atoms with Crippen LogP contribution in [-0.2, 0) is 9.53 Å². The molecule has 0 spiro atoms. The van der Waals surface area contributed by atoms with Crippen LogP contribution in [0.2, 0.25) is 0 Å². The molecule has 1 heterocycles. The second-order valence-corrected chi connectivity index (χ2v) is 7.69. The molecule has 0 saturated carbocycles. The Morgan fingerprint density at radius 2 is 1.78 bits per heavy atom. The fourth-order valence-electron chi connectivity index (χ4n) is 3.06. The molecule has 0 atom stereocenters. The van der Waals surface area contributed by atoms with Crippen molar-refractivity contribution in [2.45, 2.75) is 45.6 Å². The Morgan fingerprint density at radius 3 is 2.30 bits per heavy atom. The van der Waals surface area contributed by atoms with E-state index in [0.29, 0.717) is 17.9 Å². The normalized spacial score (nSPS) is 16.1. The molecular weight excluding hydrogens is 366 g/mol. The van der Waals surface area contributed by atoms with Gasteiger partial charge in [0.15, 0.2) is 0 Å². The van der Waals surface area contributed by atoms with Gasteiger partial charge in [-0.25, -0.2) is 0 Å². The molecule has 1 saturated heterocycles. The zero-order valence-corrected chi connectivity index (χ0v) is 17.5. The molecule has 2 amide bonds. The summed E-state index contributed by atoms with van der Waals surface area (Å²) in [7, 11) is 1.63. The molecule has 0 bridgehead atoms. The number of carbonyl (C=O) groups excluding carboxylic acids is 2. The van der Waals surface area contributed by atoms with Crippen LogP contribution in [0.4, 0.5) is 5.69 Å². The Bertz CT molecular complexity index is 620. The predicted octanol–water partition coefficient (Wildman–Crippen LogP) is 2.98. The van der Waals surface area contributed by atoms with Crippen LogP contribution in [0.5, 0.6) is 0 Å². The van der Waals surface area contributed by atoms with Gasteiger partial charge in [0, 0.05) is 23.9 Å². The number of amides is 2. The van der Waals surface area contributed by atoms with Crippen molar-refractivity contribution in [3.05, 3.63) is 29.8 Å². The standard InChI is InChI=1S/C20H31N3O3.ClH/c1-5-19(2,3)23-17(24)15-6-8-16(9-7-15)22-18(25)20(14-26-4)10-12-21-13-11-20;/h6-9,21H,5,10-14H2,1-4H3,(H,22,25)(H,23,24);1H. The molecule has 7 heteroatoms. The number of nitrogens with one attached hydrogen (secondary N) is 3. The molecular formula is C20H32ClN3O3. The zero-order chi connectivity index (χ0) is 19.2. The molecule has 0 aliphatic carbocycles. The van der Waals surface area contributed by atoms with Crippen molar-refractivity contribution in [1.29, 1.82) is 0 Å². The highest BCUT2D eigenvalue weighted by Gasteiger charge is 2.39. The fourth-order valence-corrected chi connectivity index (χ4v) is 3.06. The van der Waals surface area contributed by atoms with Crippen molar-refractivity contribution in [3.8, 4) is 0 Å². The molecule has 2 rings (SSSR count). The average molecular weight is 398 g/mol. The van der Waals surface area contributed by atoms with Crippen LogP contribution in [0.3, 0.4) is 0 Å². The van der Waals surface area contributed by atoms with Crippen LogP contribution >= 0.6 is 12.4 Å². The maximum Gasteiger partial charge on any atom is 0.251 e. The molecule has 0 aromatic heterocycles. The fraction of sp³-hybridized carbons (Fsp3) is 0.600. The SMILES string of the molecule is CCC(C)(C)NC(=O)c1ccc(NC(=O)C2(COC)CCNCC2)cc1.Cl. The van der Waals surface area contributed by atoms with Gasteiger partial charge in [-0.05, 0) is 70.5 Å². The highest BCUT2D eigenvalue weighted by atomic mass is 35.5. The molecule has 1 fully saturated rings. The molecule has 1 aliphatic heterocycles. The second-order valence-electron chi connectivity index (χ2n) is 7.69. The first kappa shape index (κ1) is 23.4. The van der Waals surface area contributed by atoms with E-state index in [9.17, 15) is 9.59 Å². The minimum atomic E-state index is -0.499. The van der Waals surface area contributed by atoms with Gasteiger partial charge in [0.05, 0.1) is 12.0 Å². The summed E-state index contributed by atoms with van der Waals surface area (Å²) in [4.78, 5) is 25.1. The summed E-state index contributed by atoms with van der Waals surface area (Å²) < 4.78 is 5.31. The molecule has 3 N–H and O–H groups in total. The number of piperidine rings is 1. The molecule has 0 unspecified atom stereocenters. The number of halogens is 1. The van der Waals surface area contributed by atoms with Crippen molar-refractivity contribution in [1.82, 2.24) is 10.6 Å². The molecule has 1 aromatic rings. The number of anilines is 1. The minimum Gasteiger partial charge on any atom is -0.384 e. The van der Waals surface area contributed by atoms with E-state index in [2.05, 4.69) is 16.0 Å². The lowest BCUT2D eigenvalue weighted by Crippen LogP contribution is -2.47. The van der Waals surface area contributed by atoms with Crippen LogP contribution < -0.4 is 16.0 Å². The maximum absolute atomic E-state index is 12.8. The Labute approximate surface area is 168 Å². The highest BCUT2D eigenvalue weighted by Crippen LogP contribution is 2.31. The maximum atomic E-state index is 12.8. The van der Waals surface area contributed by atoms with Gasteiger partial charge in [-0.3, -0.25) is 9.59 Å². The summed E-state index contributed by atoms with van der Waals surface area (Å²) >= 11 is 0. The quantitative estimate of drug-likeness (QED) is 0.660. The first-order valence-corrected chi connectivity index (χ1v) is 9.25. The van der Waals surface area contributed by atoms with Gasteiger partial charge in [-0.1, -0.05) is 6.92 Å². The zero-order valence-electron chi connectivity index (χ0n) is 16.7. The van der Waals surface area contributed by atoms with E-state index in [0.717, 1.165) is 32.4 Å². The van der Waals surface area contributed by atoms with Crippen molar-refractivity contribution in [2.24, 2.45) is 5.41 Å². The largest absolute Gasteiger partial charge is 0.384 e. The molecule has 0 radical (unpaired) electrons. The topological polar surface area (TPSA) is 79.5 Å². The average Bonchev–Trinajstić information content (AvgIpc) is 2.63. The van der Waals surface area contributed by atoms with Crippen LogP contribution in [-0.4, -0.2) is 44.2 Å². The van der Waals surface area contributed by atoms with E-state index in [1.807, 2.05) is 20.8 Å². The Hall–Kier alpha value is -1.63.